The van der Waals surface area contributed by atoms with E-state index in [1.54, 1.807) is 33.1 Å². The minimum atomic E-state index is 0.632. The predicted octanol–water partition coefficient (Wildman–Crippen LogP) is 2.78. The average Bonchev–Trinajstić information content (AvgIpc) is 2.66. The van der Waals surface area contributed by atoms with Gasteiger partial charge in [0.1, 0.15) is 0 Å². The first-order valence-corrected chi connectivity index (χ1v) is 9.31. The van der Waals surface area contributed by atoms with E-state index < -0.39 is 0 Å². The maximum absolute atomic E-state index is 5.59. The molecule has 0 saturated heterocycles. The molecule has 134 valence electrons. The molecule has 25 heavy (non-hydrogen) atoms. The first kappa shape index (κ1) is 17.8. The van der Waals surface area contributed by atoms with E-state index in [-0.39, 0.29) is 0 Å². The van der Waals surface area contributed by atoms with Gasteiger partial charge in [0.05, 0.1) is 27.0 Å². The summed E-state index contributed by atoms with van der Waals surface area (Å²) in [6.07, 6.45) is 4.88. The number of rotatable bonds is 6. The van der Waals surface area contributed by atoms with E-state index >= 15 is 0 Å². The van der Waals surface area contributed by atoms with Gasteiger partial charge in [0.15, 0.2) is 16.7 Å². The van der Waals surface area contributed by atoms with Crippen LogP contribution in [0.1, 0.15) is 16.8 Å². The Morgan fingerprint density at radius 1 is 1.12 bits per heavy atom. The van der Waals surface area contributed by atoms with Crippen molar-refractivity contribution in [2.24, 2.45) is 0 Å². The van der Waals surface area contributed by atoms with Gasteiger partial charge in [-0.2, -0.15) is 0 Å². The Hall–Kier alpha value is -1.99. The minimum Gasteiger partial charge on any atom is -0.493 e. The summed E-state index contributed by atoms with van der Waals surface area (Å²) in [5.41, 5.74) is 3.43. The lowest BCUT2D eigenvalue weighted by atomic mass is 10.1. The molecule has 0 fully saturated rings. The fourth-order valence-electron chi connectivity index (χ4n) is 3.12. The highest BCUT2D eigenvalue weighted by Crippen LogP contribution is 2.40. The molecule has 0 radical (unpaired) electrons. The van der Waals surface area contributed by atoms with Crippen LogP contribution in [0.25, 0.3) is 0 Å². The van der Waals surface area contributed by atoms with E-state index in [0.717, 1.165) is 48.2 Å². The van der Waals surface area contributed by atoms with Gasteiger partial charge in [0, 0.05) is 43.4 Å². The van der Waals surface area contributed by atoms with Crippen LogP contribution < -0.4 is 14.2 Å². The summed E-state index contributed by atoms with van der Waals surface area (Å²) in [6.45, 7) is 2.56. The highest BCUT2D eigenvalue weighted by molar-refractivity contribution is 7.98. The molecule has 6 nitrogen and oxygen atoms in total. The first-order chi connectivity index (χ1) is 12.2. The van der Waals surface area contributed by atoms with Crippen molar-refractivity contribution in [2.75, 3.05) is 34.1 Å². The Balaban J connectivity index is 1.81. The number of aromatic nitrogens is 2. The van der Waals surface area contributed by atoms with Crippen LogP contribution in [0, 0.1) is 0 Å². The van der Waals surface area contributed by atoms with E-state index in [1.807, 2.05) is 24.6 Å². The molecule has 0 N–H and O–H groups in total. The maximum Gasteiger partial charge on any atom is 0.203 e. The third kappa shape index (κ3) is 3.67. The third-order valence-corrected chi connectivity index (χ3v) is 4.91. The van der Waals surface area contributed by atoms with E-state index in [4.69, 9.17) is 14.2 Å². The summed E-state index contributed by atoms with van der Waals surface area (Å²) in [5, 5.41) is 0.841. The highest BCUT2D eigenvalue weighted by Gasteiger charge is 2.22. The van der Waals surface area contributed by atoms with E-state index in [1.165, 1.54) is 5.56 Å². The van der Waals surface area contributed by atoms with Crippen LogP contribution in [-0.4, -0.2) is 49.0 Å². The number of hydrogen-bond acceptors (Lipinski definition) is 7. The lowest BCUT2D eigenvalue weighted by Crippen LogP contribution is -2.31. The Labute approximate surface area is 152 Å². The van der Waals surface area contributed by atoms with Gasteiger partial charge in [-0.3, -0.25) is 4.90 Å². The molecule has 3 rings (SSSR count). The van der Waals surface area contributed by atoms with E-state index in [0.29, 0.717) is 11.5 Å². The lowest BCUT2D eigenvalue weighted by Gasteiger charge is -2.28. The van der Waals surface area contributed by atoms with Gasteiger partial charge in [0.2, 0.25) is 5.75 Å². The van der Waals surface area contributed by atoms with Crippen molar-refractivity contribution in [3.63, 3.8) is 0 Å². The van der Waals surface area contributed by atoms with Gasteiger partial charge < -0.3 is 14.2 Å². The minimum absolute atomic E-state index is 0.632. The number of hydrogen-bond donors (Lipinski definition) is 0. The van der Waals surface area contributed by atoms with Crippen molar-refractivity contribution >= 4 is 11.8 Å². The molecule has 0 bridgehead atoms. The molecule has 2 heterocycles. The van der Waals surface area contributed by atoms with Gasteiger partial charge in [-0.05, 0) is 12.3 Å². The predicted molar refractivity (Wildman–Crippen MR) is 97.7 cm³/mol. The summed E-state index contributed by atoms with van der Waals surface area (Å²) in [4.78, 5) is 11.4. The number of thioether (sulfide) groups is 1. The molecule has 0 atom stereocenters. The number of nitrogens with zero attached hydrogens (tertiary/aromatic N) is 3. The Morgan fingerprint density at radius 2 is 1.92 bits per heavy atom. The van der Waals surface area contributed by atoms with Crippen molar-refractivity contribution in [3.8, 4) is 17.2 Å². The number of fused-ring (bicyclic) bond motifs is 1. The third-order valence-electron chi connectivity index (χ3n) is 4.35. The number of ether oxygens (including phenoxy) is 3. The van der Waals surface area contributed by atoms with Crippen LogP contribution in [0.15, 0.2) is 23.5 Å². The Kier molecular flexibility index (Phi) is 5.65. The Morgan fingerprint density at radius 3 is 2.60 bits per heavy atom. The van der Waals surface area contributed by atoms with E-state index in [2.05, 4.69) is 14.9 Å². The van der Waals surface area contributed by atoms with Crippen molar-refractivity contribution in [1.82, 2.24) is 14.9 Å². The molecule has 0 aliphatic carbocycles. The van der Waals surface area contributed by atoms with Gasteiger partial charge >= 0.3 is 0 Å². The lowest BCUT2D eigenvalue weighted by molar-refractivity contribution is 0.236. The molecule has 1 aromatic heterocycles. The number of methoxy groups -OCH3 is 3. The van der Waals surface area contributed by atoms with E-state index in [9.17, 15) is 0 Å². The summed E-state index contributed by atoms with van der Waals surface area (Å²) < 4.78 is 16.4. The molecule has 0 saturated carbocycles. The van der Waals surface area contributed by atoms with Crippen molar-refractivity contribution < 1.29 is 14.2 Å². The van der Waals surface area contributed by atoms with Crippen LogP contribution in [0.5, 0.6) is 17.2 Å². The quantitative estimate of drug-likeness (QED) is 0.579. The summed E-state index contributed by atoms with van der Waals surface area (Å²) >= 11 is 1.58. The van der Waals surface area contributed by atoms with Crippen molar-refractivity contribution in [2.45, 2.75) is 24.7 Å². The Bertz CT molecular complexity index is 755. The van der Waals surface area contributed by atoms with Crippen LogP contribution in [0.2, 0.25) is 0 Å². The molecule has 1 aliphatic heterocycles. The van der Waals surface area contributed by atoms with Gasteiger partial charge in [-0.15, -0.1) is 0 Å². The molecule has 1 aliphatic rings. The van der Waals surface area contributed by atoms with Crippen molar-refractivity contribution in [3.05, 3.63) is 35.2 Å². The highest BCUT2D eigenvalue weighted by atomic mass is 32.2. The van der Waals surface area contributed by atoms with Crippen LogP contribution in [0.3, 0.4) is 0 Å². The van der Waals surface area contributed by atoms with Crippen LogP contribution >= 0.6 is 11.8 Å². The molecule has 1 aromatic carbocycles. The molecular weight excluding hydrogens is 338 g/mol. The molecular formula is C18H23N3O3S. The maximum atomic E-state index is 5.59. The topological polar surface area (TPSA) is 56.7 Å². The van der Waals surface area contributed by atoms with Gasteiger partial charge in [0.25, 0.3) is 0 Å². The molecule has 2 aromatic rings. The first-order valence-electron chi connectivity index (χ1n) is 8.09. The van der Waals surface area contributed by atoms with Crippen LogP contribution in [-0.2, 0) is 19.5 Å². The molecule has 0 unspecified atom stereocenters. The van der Waals surface area contributed by atoms with Crippen LogP contribution in [0.4, 0.5) is 0 Å². The summed E-state index contributed by atoms with van der Waals surface area (Å²) in [5.74, 6) is 2.03. The SMILES string of the molecule is COc1ccc(CN2CCc3nc(SC)ncc3C2)c(OC)c1OC. The zero-order valence-corrected chi connectivity index (χ0v) is 15.9. The molecule has 7 heteroatoms. The average molecular weight is 361 g/mol. The fourth-order valence-corrected chi connectivity index (χ4v) is 3.48. The normalized spacial score (nSPS) is 14.1. The monoisotopic (exact) mass is 361 g/mol. The fraction of sp³-hybridized carbons (Fsp3) is 0.444. The largest absolute Gasteiger partial charge is 0.493 e. The van der Waals surface area contributed by atoms with Gasteiger partial charge in [-0.1, -0.05) is 17.8 Å². The summed E-state index contributed by atoms with van der Waals surface area (Å²) in [6, 6.07) is 3.95. The zero-order chi connectivity index (χ0) is 17.8. The second-order valence-corrected chi connectivity index (χ2v) is 6.56. The van der Waals surface area contributed by atoms with Gasteiger partial charge in [-0.25, -0.2) is 9.97 Å². The zero-order valence-electron chi connectivity index (χ0n) is 15.0. The summed E-state index contributed by atoms with van der Waals surface area (Å²) in [7, 11) is 4.91. The number of benzene rings is 1. The second kappa shape index (κ2) is 7.93. The van der Waals surface area contributed by atoms with Crippen molar-refractivity contribution in [1.29, 1.82) is 0 Å². The molecule has 0 spiro atoms. The second-order valence-electron chi connectivity index (χ2n) is 5.78. The standard InChI is InChI=1S/C18H23N3O3S/c1-22-15-6-5-12(16(23-2)17(15)24-3)10-21-8-7-14-13(11-21)9-19-18(20-14)25-4/h5-6,9H,7-8,10-11H2,1-4H3. The smallest absolute Gasteiger partial charge is 0.203 e. The molecule has 0 amide bonds.